The molecule has 6 nitrogen and oxygen atoms in total. The monoisotopic (exact) mass is 263 g/mol. The van der Waals surface area contributed by atoms with Crippen LogP contribution in [0, 0.1) is 11.8 Å². The highest BCUT2D eigenvalue weighted by Crippen LogP contribution is 2.45. The van der Waals surface area contributed by atoms with Crippen molar-refractivity contribution < 1.29 is 24.0 Å². The third-order valence-corrected chi connectivity index (χ3v) is 3.46. The van der Waals surface area contributed by atoms with Crippen LogP contribution in [-0.4, -0.2) is 35.1 Å². The molecule has 100 valence electrons. The molecular formula is C13H13NO5. The summed E-state index contributed by atoms with van der Waals surface area (Å²) in [7, 11) is 0. The summed E-state index contributed by atoms with van der Waals surface area (Å²) in [6.45, 7) is 3.45. The second-order valence-corrected chi connectivity index (χ2v) is 5.10. The quantitative estimate of drug-likeness (QED) is 0.408. The van der Waals surface area contributed by atoms with Gasteiger partial charge in [-0.2, -0.15) is 0 Å². The van der Waals surface area contributed by atoms with E-state index in [1.54, 1.807) is 26.0 Å². The van der Waals surface area contributed by atoms with E-state index < -0.39 is 29.6 Å². The van der Waals surface area contributed by atoms with Gasteiger partial charge in [0.15, 0.2) is 0 Å². The number of carbonyl (C=O) groups excluding carboxylic acids is 3. The second kappa shape index (κ2) is 4.03. The first kappa shape index (κ1) is 12.1. The summed E-state index contributed by atoms with van der Waals surface area (Å²) >= 11 is 0. The summed E-state index contributed by atoms with van der Waals surface area (Å²) in [5, 5.41) is 0.590. The molecule has 0 unspecified atom stereocenters. The van der Waals surface area contributed by atoms with E-state index in [0.29, 0.717) is 5.06 Å². The maximum atomic E-state index is 12.1. The van der Waals surface area contributed by atoms with Gasteiger partial charge in [-0.1, -0.05) is 17.7 Å². The van der Waals surface area contributed by atoms with Crippen LogP contribution in [0.1, 0.15) is 13.8 Å². The second-order valence-electron chi connectivity index (χ2n) is 5.10. The number of hydroxylamine groups is 2. The largest absolute Gasteiger partial charge is 0.365 e. The van der Waals surface area contributed by atoms with E-state index in [4.69, 9.17) is 9.57 Å². The Bertz CT molecular complexity index is 501. The molecule has 3 heterocycles. The molecule has 3 aliphatic rings. The number of allylic oxidation sites excluding steroid dienone is 1. The molecule has 0 radical (unpaired) electrons. The molecule has 6 heteroatoms. The van der Waals surface area contributed by atoms with Gasteiger partial charge in [0.1, 0.15) is 0 Å². The zero-order valence-corrected chi connectivity index (χ0v) is 10.5. The van der Waals surface area contributed by atoms with Gasteiger partial charge in [-0.05, 0) is 13.8 Å². The highest BCUT2D eigenvalue weighted by atomic mass is 16.7. The van der Waals surface area contributed by atoms with E-state index in [0.717, 1.165) is 5.57 Å². The van der Waals surface area contributed by atoms with E-state index in [1.807, 2.05) is 0 Å². The zero-order valence-electron chi connectivity index (χ0n) is 10.5. The Morgan fingerprint density at radius 1 is 1.21 bits per heavy atom. The molecule has 0 aromatic rings. The summed E-state index contributed by atoms with van der Waals surface area (Å²) < 4.78 is 5.47. The summed E-state index contributed by atoms with van der Waals surface area (Å²) in [6.07, 6.45) is 4.03. The fourth-order valence-corrected chi connectivity index (χ4v) is 2.72. The van der Waals surface area contributed by atoms with Crippen LogP contribution in [0.4, 0.5) is 0 Å². The van der Waals surface area contributed by atoms with Gasteiger partial charge in [0.25, 0.3) is 11.8 Å². The molecule has 0 spiro atoms. The van der Waals surface area contributed by atoms with E-state index >= 15 is 0 Å². The van der Waals surface area contributed by atoms with Crippen LogP contribution >= 0.6 is 0 Å². The topological polar surface area (TPSA) is 72.9 Å². The molecule has 2 bridgehead atoms. The lowest BCUT2D eigenvalue weighted by Crippen LogP contribution is -2.36. The van der Waals surface area contributed by atoms with Crippen molar-refractivity contribution in [2.45, 2.75) is 26.1 Å². The lowest BCUT2D eigenvalue weighted by Gasteiger charge is -2.15. The van der Waals surface area contributed by atoms with Crippen molar-refractivity contribution in [2.24, 2.45) is 11.8 Å². The number of hydrogen-bond donors (Lipinski definition) is 0. The highest BCUT2D eigenvalue weighted by Gasteiger charge is 2.62. The molecule has 3 aliphatic heterocycles. The van der Waals surface area contributed by atoms with Gasteiger partial charge >= 0.3 is 5.97 Å². The SMILES string of the molecule is CC(C)=CC(=O)ON1C(=O)[C@@H]2[C@H](C1=O)[C@@H]1C=C[C@H]2O1. The highest BCUT2D eigenvalue weighted by molar-refractivity contribution is 6.06. The molecule has 4 atom stereocenters. The van der Waals surface area contributed by atoms with Crippen LogP contribution in [0.2, 0.25) is 0 Å². The molecule has 0 aliphatic carbocycles. The molecular weight excluding hydrogens is 250 g/mol. The average molecular weight is 263 g/mol. The van der Waals surface area contributed by atoms with Crippen LogP contribution in [-0.2, 0) is 24.0 Å². The van der Waals surface area contributed by atoms with Gasteiger partial charge in [0.2, 0.25) is 0 Å². The molecule has 0 saturated carbocycles. The minimum atomic E-state index is -0.720. The van der Waals surface area contributed by atoms with Gasteiger partial charge in [0, 0.05) is 6.08 Å². The Morgan fingerprint density at radius 3 is 2.21 bits per heavy atom. The Hall–Kier alpha value is -1.95. The predicted octanol–water partition coefficient (Wildman–Crippen LogP) is 0.349. The normalized spacial score (nSPS) is 34.7. The van der Waals surface area contributed by atoms with E-state index in [1.165, 1.54) is 6.08 Å². The summed E-state index contributed by atoms with van der Waals surface area (Å²) in [6, 6.07) is 0. The van der Waals surface area contributed by atoms with E-state index in [9.17, 15) is 14.4 Å². The number of ether oxygens (including phenoxy) is 1. The number of amides is 2. The van der Waals surface area contributed by atoms with Crippen molar-refractivity contribution in [1.29, 1.82) is 0 Å². The summed E-state index contributed by atoms with van der Waals surface area (Å²) in [5.41, 5.74) is 0.731. The number of rotatable bonds is 2. The minimum absolute atomic E-state index is 0.376. The number of hydrogen-bond acceptors (Lipinski definition) is 5. The molecule has 2 fully saturated rings. The van der Waals surface area contributed by atoms with Crippen LogP contribution in [0.15, 0.2) is 23.8 Å². The van der Waals surface area contributed by atoms with Crippen LogP contribution in [0.5, 0.6) is 0 Å². The smallest absolute Gasteiger partial charge is 0.356 e. The minimum Gasteiger partial charge on any atom is -0.365 e. The molecule has 0 aromatic carbocycles. The van der Waals surface area contributed by atoms with Gasteiger partial charge in [-0.15, -0.1) is 5.06 Å². The van der Waals surface area contributed by atoms with Crippen LogP contribution in [0.25, 0.3) is 0 Å². The molecule has 2 amide bonds. The Morgan fingerprint density at radius 2 is 1.74 bits per heavy atom. The zero-order chi connectivity index (χ0) is 13.7. The van der Waals surface area contributed by atoms with Gasteiger partial charge in [0.05, 0.1) is 24.0 Å². The number of nitrogens with zero attached hydrogens (tertiary/aromatic N) is 1. The van der Waals surface area contributed by atoms with Crippen molar-refractivity contribution in [1.82, 2.24) is 5.06 Å². The van der Waals surface area contributed by atoms with Crippen molar-refractivity contribution in [2.75, 3.05) is 0 Å². The number of carbonyl (C=O) groups is 3. The predicted molar refractivity (Wildman–Crippen MR) is 62.2 cm³/mol. The van der Waals surface area contributed by atoms with E-state index in [-0.39, 0.29) is 12.2 Å². The van der Waals surface area contributed by atoms with E-state index in [2.05, 4.69) is 0 Å². The molecule has 19 heavy (non-hydrogen) atoms. The Labute approximate surface area is 109 Å². The van der Waals surface area contributed by atoms with Crippen LogP contribution in [0.3, 0.4) is 0 Å². The van der Waals surface area contributed by atoms with Crippen molar-refractivity contribution in [3.63, 3.8) is 0 Å². The van der Waals surface area contributed by atoms with Crippen molar-refractivity contribution in [3.8, 4) is 0 Å². The fraction of sp³-hybridized carbons (Fsp3) is 0.462. The first-order valence-electron chi connectivity index (χ1n) is 6.07. The lowest BCUT2D eigenvalue weighted by molar-refractivity contribution is -0.196. The number of fused-ring (bicyclic) bond motifs is 5. The van der Waals surface area contributed by atoms with Gasteiger partial charge in [-0.25, -0.2) is 4.79 Å². The lowest BCUT2D eigenvalue weighted by atomic mass is 9.85. The summed E-state index contributed by atoms with van der Waals surface area (Å²) in [4.78, 5) is 40.6. The third-order valence-electron chi connectivity index (χ3n) is 3.46. The Kier molecular flexibility index (Phi) is 2.56. The fourth-order valence-electron chi connectivity index (χ4n) is 2.72. The molecule has 3 rings (SSSR count). The maximum Gasteiger partial charge on any atom is 0.356 e. The first-order valence-corrected chi connectivity index (χ1v) is 6.07. The average Bonchev–Trinajstić information content (AvgIpc) is 2.97. The standard InChI is InChI=1S/C13H13NO5/c1-6(2)5-9(15)19-14-12(16)10-7-3-4-8(18-7)11(10)13(14)17/h3-5,7-8,10-11H,1-2H3/t7-,8+,10+,11-. The maximum absolute atomic E-state index is 12.1. The van der Waals surface area contributed by atoms with Gasteiger partial charge < -0.3 is 9.57 Å². The third kappa shape index (κ3) is 1.71. The molecule has 0 aromatic heterocycles. The number of imide groups is 1. The summed E-state index contributed by atoms with van der Waals surface area (Å²) in [5.74, 6) is -2.82. The molecule has 2 saturated heterocycles. The Balaban J connectivity index is 1.79. The van der Waals surface area contributed by atoms with Crippen LogP contribution < -0.4 is 0 Å². The van der Waals surface area contributed by atoms with Gasteiger partial charge in [-0.3, -0.25) is 9.59 Å². The first-order chi connectivity index (χ1) is 8.99. The van der Waals surface area contributed by atoms with Crippen molar-refractivity contribution in [3.05, 3.63) is 23.8 Å². The van der Waals surface area contributed by atoms with Crippen molar-refractivity contribution >= 4 is 17.8 Å². The molecule has 0 N–H and O–H groups in total.